The Morgan fingerprint density at radius 3 is 1.44 bits per heavy atom. The number of carbonyl (C=O) groups is 2. The minimum atomic E-state index is -0.187. The highest BCUT2D eigenvalue weighted by molar-refractivity contribution is 6.31. The smallest absolute Gasteiger partial charge is 0.244 e. The van der Waals surface area contributed by atoms with Crippen LogP contribution in [-0.2, 0) is 22.7 Å². The Bertz CT molecular complexity index is 1050. The molecule has 3 rings (SSSR count). The van der Waals surface area contributed by atoms with E-state index in [1.165, 1.54) is 12.2 Å². The van der Waals surface area contributed by atoms with Gasteiger partial charge < -0.3 is 10.6 Å². The lowest BCUT2D eigenvalue weighted by Gasteiger charge is -2.06. The van der Waals surface area contributed by atoms with Crippen LogP contribution in [0.25, 0.3) is 12.2 Å². The van der Waals surface area contributed by atoms with Gasteiger partial charge in [-0.15, -0.1) is 0 Å². The molecular weight excluding hydrogens is 443 g/mol. The first-order valence-corrected chi connectivity index (χ1v) is 10.7. The van der Waals surface area contributed by atoms with E-state index < -0.39 is 0 Å². The summed E-state index contributed by atoms with van der Waals surface area (Å²) in [5.74, 6) is -0.374. The summed E-state index contributed by atoms with van der Waals surface area (Å²) in [6.45, 7) is 0.821. The van der Waals surface area contributed by atoms with Crippen molar-refractivity contribution in [3.05, 3.63) is 117 Å². The third kappa shape index (κ3) is 8.06. The molecule has 6 heteroatoms. The Morgan fingerprint density at radius 1 is 0.656 bits per heavy atom. The van der Waals surface area contributed by atoms with Gasteiger partial charge in [0.25, 0.3) is 0 Å². The van der Waals surface area contributed by atoms with Gasteiger partial charge in [-0.3, -0.25) is 9.59 Å². The summed E-state index contributed by atoms with van der Waals surface area (Å²) in [6.07, 6.45) is 6.39. The van der Waals surface area contributed by atoms with Crippen molar-refractivity contribution < 1.29 is 9.59 Å². The first kappa shape index (κ1) is 23.3. The van der Waals surface area contributed by atoms with Gasteiger partial charge in [0.2, 0.25) is 11.8 Å². The monoisotopic (exact) mass is 464 g/mol. The lowest BCUT2D eigenvalue weighted by molar-refractivity contribution is -0.117. The highest BCUT2D eigenvalue weighted by Crippen LogP contribution is 2.12. The molecule has 3 aromatic rings. The zero-order valence-corrected chi connectivity index (χ0v) is 18.7. The molecule has 0 fully saturated rings. The standard InChI is InChI=1S/C26H22Cl2N2O2/c27-23-5-1-3-19(15-23)11-13-25(31)29-17-21-7-9-22(10-8-21)18-30-26(32)14-12-20-4-2-6-24(28)16-20/h1-16H,17-18H2,(H,29,31)(H,30,32)/b13-11+,14-12+. The molecule has 2 amide bonds. The molecule has 0 heterocycles. The number of hydrogen-bond acceptors (Lipinski definition) is 2. The van der Waals surface area contributed by atoms with E-state index in [1.54, 1.807) is 36.4 Å². The summed E-state index contributed by atoms with van der Waals surface area (Å²) in [7, 11) is 0. The van der Waals surface area contributed by atoms with Gasteiger partial charge in [-0.1, -0.05) is 71.7 Å². The van der Waals surface area contributed by atoms with Crippen molar-refractivity contribution in [1.29, 1.82) is 0 Å². The van der Waals surface area contributed by atoms with Gasteiger partial charge in [-0.2, -0.15) is 0 Å². The number of amides is 2. The average Bonchev–Trinajstić information content (AvgIpc) is 2.79. The first-order valence-electron chi connectivity index (χ1n) is 9.99. The van der Waals surface area contributed by atoms with Gasteiger partial charge in [0.05, 0.1) is 0 Å². The van der Waals surface area contributed by atoms with Crippen molar-refractivity contribution in [2.45, 2.75) is 13.1 Å². The summed E-state index contributed by atoms with van der Waals surface area (Å²) in [4.78, 5) is 24.0. The Morgan fingerprint density at radius 2 is 1.06 bits per heavy atom. The van der Waals surface area contributed by atoms with Crippen molar-refractivity contribution in [3.63, 3.8) is 0 Å². The van der Waals surface area contributed by atoms with Gasteiger partial charge in [-0.25, -0.2) is 0 Å². The molecule has 2 N–H and O–H groups in total. The largest absolute Gasteiger partial charge is 0.348 e. The molecule has 32 heavy (non-hydrogen) atoms. The first-order chi connectivity index (χ1) is 15.5. The maximum Gasteiger partial charge on any atom is 0.244 e. The Balaban J connectivity index is 1.42. The molecule has 0 aliphatic rings. The maximum atomic E-state index is 12.0. The van der Waals surface area contributed by atoms with Gasteiger partial charge in [-0.05, 0) is 58.7 Å². The Labute approximate surface area is 197 Å². The van der Waals surface area contributed by atoms with E-state index in [0.29, 0.717) is 23.1 Å². The number of carbonyl (C=O) groups excluding carboxylic acids is 2. The van der Waals surface area contributed by atoms with E-state index in [-0.39, 0.29) is 11.8 Å². The normalized spacial score (nSPS) is 11.1. The highest BCUT2D eigenvalue weighted by Gasteiger charge is 2.00. The zero-order chi connectivity index (χ0) is 22.8. The predicted molar refractivity (Wildman–Crippen MR) is 131 cm³/mol. The molecule has 0 aliphatic heterocycles. The lowest BCUT2D eigenvalue weighted by atomic mass is 10.1. The topological polar surface area (TPSA) is 58.2 Å². The number of nitrogens with one attached hydrogen (secondary N) is 2. The maximum absolute atomic E-state index is 12.0. The summed E-state index contributed by atoms with van der Waals surface area (Å²) in [5, 5.41) is 6.94. The highest BCUT2D eigenvalue weighted by atomic mass is 35.5. The molecule has 0 aromatic heterocycles. The second kappa shape index (κ2) is 11.9. The second-order valence-corrected chi connectivity index (χ2v) is 7.90. The van der Waals surface area contributed by atoms with Crippen molar-refractivity contribution in [2.24, 2.45) is 0 Å². The third-order valence-corrected chi connectivity index (χ3v) is 4.98. The van der Waals surface area contributed by atoms with E-state index in [0.717, 1.165) is 22.3 Å². The molecule has 0 atom stereocenters. The van der Waals surface area contributed by atoms with E-state index >= 15 is 0 Å². The summed E-state index contributed by atoms with van der Waals surface area (Å²) < 4.78 is 0. The number of hydrogen-bond donors (Lipinski definition) is 2. The predicted octanol–water partition coefficient (Wildman–Crippen LogP) is 5.65. The lowest BCUT2D eigenvalue weighted by Crippen LogP contribution is -2.21. The molecule has 0 saturated carbocycles. The van der Waals surface area contributed by atoms with Crippen LogP contribution in [0.2, 0.25) is 10.0 Å². The van der Waals surface area contributed by atoms with Gasteiger partial charge >= 0.3 is 0 Å². The fourth-order valence-electron chi connectivity index (χ4n) is 2.84. The van der Waals surface area contributed by atoms with Crippen molar-refractivity contribution in [3.8, 4) is 0 Å². The average molecular weight is 465 g/mol. The van der Waals surface area contributed by atoms with E-state index in [9.17, 15) is 9.59 Å². The molecule has 0 radical (unpaired) electrons. The quantitative estimate of drug-likeness (QED) is 0.423. The number of benzene rings is 3. The molecular formula is C26H22Cl2N2O2. The number of rotatable bonds is 8. The third-order valence-electron chi connectivity index (χ3n) is 4.51. The molecule has 0 saturated heterocycles. The number of halogens is 2. The van der Waals surface area contributed by atoms with Crippen LogP contribution < -0.4 is 10.6 Å². The van der Waals surface area contributed by atoms with Crippen molar-refractivity contribution in [1.82, 2.24) is 10.6 Å². The SMILES string of the molecule is O=C(/C=C/c1cccc(Cl)c1)NCc1ccc(CNC(=O)/C=C/c2cccc(Cl)c2)cc1. The molecule has 0 aliphatic carbocycles. The summed E-state index contributed by atoms with van der Waals surface area (Å²) in [5.41, 5.74) is 3.65. The van der Waals surface area contributed by atoms with Gasteiger partial charge in [0.15, 0.2) is 0 Å². The Hall–Kier alpha value is -3.34. The fraction of sp³-hybridized carbons (Fsp3) is 0.0769. The summed E-state index contributed by atoms with van der Waals surface area (Å²) >= 11 is 11.9. The second-order valence-electron chi connectivity index (χ2n) is 7.03. The minimum Gasteiger partial charge on any atom is -0.348 e. The van der Waals surface area contributed by atoms with Gasteiger partial charge in [0, 0.05) is 35.3 Å². The van der Waals surface area contributed by atoms with Crippen molar-refractivity contribution >= 4 is 47.2 Å². The van der Waals surface area contributed by atoms with Crippen LogP contribution in [0.4, 0.5) is 0 Å². The summed E-state index contributed by atoms with van der Waals surface area (Å²) in [6, 6.07) is 22.2. The van der Waals surface area contributed by atoms with Crippen LogP contribution in [0.5, 0.6) is 0 Å². The van der Waals surface area contributed by atoms with Crippen LogP contribution >= 0.6 is 23.2 Å². The molecule has 3 aromatic carbocycles. The molecule has 4 nitrogen and oxygen atoms in total. The van der Waals surface area contributed by atoms with E-state index in [2.05, 4.69) is 10.6 Å². The molecule has 0 unspecified atom stereocenters. The van der Waals surface area contributed by atoms with Crippen LogP contribution in [0, 0.1) is 0 Å². The zero-order valence-electron chi connectivity index (χ0n) is 17.2. The molecule has 0 spiro atoms. The fourth-order valence-corrected chi connectivity index (χ4v) is 3.23. The van der Waals surface area contributed by atoms with Crippen LogP contribution in [0.3, 0.4) is 0 Å². The van der Waals surface area contributed by atoms with Gasteiger partial charge in [0.1, 0.15) is 0 Å². The van der Waals surface area contributed by atoms with Crippen LogP contribution in [0.15, 0.2) is 84.9 Å². The minimum absolute atomic E-state index is 0.187. The van der Waals surface area contributed by atoms with E-state index in [1.807, 2.05) is 48.5 Å². The molecule has 0 bridgehead atoms. The van der Waals surface area contributed by atoms with Crippen LogP contribution in [0.1, 0.15) is 22.3 Å². The Kier molecular flexibility index (Phi) is 8.67. The van der Waals surface area contributed by atoms with Crippen LogP contribution in [-0.4, -0.2) is 11.8 Å². The molecule has 162 valence electrons. The van der Waals surface area contributed by atoms with Crippen molar-refractivity contribution in [2.75, 3.05) is 0 Å². The van der Waals surface area contributed by atoms with E-state index in [4.69, 9.17) is 23.2 Å².